The van der Waals surface area contributed by atoms with Gasteiger partial charge in [-0.15, -0.1) is 0 Å². The van der Waals surface area contributed by atoms with Crippen molar-refractivity contribution in [3.05, 3.63) is 59.4 Å². The summed E-state index contributed by atoms with van der Waals surface area (Å²) in [5, 5.41) is 0. The summed E-state index contributed by atoms with van der Waals surface area (Å²) in [6.45, 7) is 5.74. The summed E-state index contributed by atoms with van der Waals surface area (Å²) in [5.41, 5.74) is 3.20. The number of hydrogen-bond donors (Lipinski definition) is 0. The fraction of sp³-hybridized carbons (Fsp3) is 0.421. The van der Waals surface area contributed by atoms with Crippen LogP contribution in [0.1, 0.15) is 48.3 Å². The minimum absolute atomic E-state index is 0.123. The van der Waals surface area contributed by atoms with Gasteiger partial charge in [-0.25, -0.2) is 0 Å². The molecule has 2 rings (SSSR count). The van der Waals surface area contributed by atoms with Crippen LogP contribution in [0.5, 0.6) is 0 Å². The van der Waals surface area contributed by atoms with E-state index in [9.17, 15) is 4.79 Å². The van der Waals surface area contributed by atoms with E-state index in [0.717, 1.165) is 37.1 Å². The van der Waals surface area contributed by atoms with E-state index in [0.29, 0.717) is 6.54 Å². The largest absolute Gasteiger partial charge is 0.353 e. The second-order valence-electron chi connectivity index (χ2n) is 5.74. The maximum atomic E-state index is 12.8. The molecule has 22 heavy (non-hydrogen) atoms. The Bertz CT molecular complexity index is 598. The summed E-state index contributed by atoms with van der Waals surface area (Å²) in [4.78, 5) is 14.8. The maximum absolute atomic E-state index is 12.8. The number of carbonyl (C=O) groups excluding carboxylic acids is 1. The topological polar surface area (TPSA) is 25.2 Å². The molecular weight excluding hydrogens is 272 g/mol. The van der Waals surface area contributed by atoms with E-state index in [2.05, 4.69) is 24.5 Å². The number of hydrogen-bond acceptors (Lipinski definition) is 1. The number of carbonyl (C=O) groups is 1. The molecule has 1 amide bonds. The Labute approximate surface area is 133 Å². The highest BCUT2D eigenvalue weighted by molar-refractivity contribution is 5.94. The Kier molecular flexibility index (Phi) is 5.82. The van der Waals surface area contributed by atoms with Crippen LogP contribution in [-0.2, 0) is 20.0 Å². The molecule has 1 aromatic heterocycles. The number of benzene rings is 1. The molecule has 0 atom stereocenters. The molecular formula is C19H26N2O. The maximum Gasteiger partial charge on any atom is 0.254 e. The van der Waals surface area contributed by atoms with Crippen LogP contribution < -0.4 is 0 Å². The highest BCUT2D eigenvalue weighted by atomic mass is 16.2. The Morgan fingerprint density at radius 3 is 2.41 bits per heavy atom. The zero-order valence-electron chi connectivity index (χ0n) is 13.9. The van der Waals surface area contributed by atoms with Crippen LogP contribution in [-0.4, -0.2) is 21.9 Å². The first-order valence-corrected chi connectivity index (χ1v) is 8.14. The number of amides is 1. The van der Waals surface area contributed by atoms with Crippen molar-refractivity contribution >= 4 is 5.91 Å². The summed E-state index contributed by atoms with van der Waals surface area (Å²) in [6, 6.07) is 12.1. The monoisotopic (exact) mass is 298 g/mol. The van der Waals surface area contributed by atoms with E-state index in [-0.39, 0.29) is 5.91 Å². The number of unbranched alkanes of at least 4 members (excludes halogenated alkanes) is 1. The average molecular weight is 298 g/mol. The highest BCUT2D eigenvalue weighted by Gasteiger charge is 2.16. The highest BCUT2D eigenvalue weighted by Crippen LogP contribution is 2.13. The average Bonchev–Trinajstić information content (AvgIpc) is 2.95. The lowest BCUT2D eigenvalue weighted by Crippen LogP contribution is -2.32. The van der Waals surface area contributed by atoms with E-state index in [1.165, 1.54) is 5.56 Å². The number of nitrogens with zero attached hydrogens (tertiary/aromatic N) is 2. The molecule has 2 aromatic rings. The molecule has 0 N–H and O–H groups in total. The summed E-state index contributed by atoms with van der Waals surface area (Å²) in [5.74, 6) is 0.123. The van der Waals surface area contributed by atoms with Crippen LogP contribution in [0, 0.1) is 0 Å². The predicted molar refractivity (Wildman–Crippen MR) is 90.9 cm³/mol. The van der Waals surface area contributed by atoms with E-state index < -0.39 is 0 Å². The van der Waals surface area contributed by atoms with Gasteiger partial charge in [0, 0.05) is 31.0 Å². The van der Waals surface area contributed by atoms with Gasteiger partial charge in [0.1, 0.15) is 0 Å². The third-order valence-corrected chi connectivity index (χ3v) is 4.08. The minimum Gasteiger partial charge on any atom is -0.353 e. The second kappa shape index (κ2) is 7.83. The second-order valence-corrected chi connectivity index (χ2v) is 5.74. The van der Waals surface area contributed by atoms with Gasteiger partial charge in [-0.2, -0.15) is 0 Å². The summed E-state index contributed by atoms with van der Waals surface area (Å²) >= 11 is 0. The van der Waals surface area contributed by atoms with Crippen LogP contribution in [0.3, 0.4) is 0 Å². The Hall–Kier alpha value is -2.03. The van der Waals surface area contributed by atoms with Crippen molar-refractivity contribution in [2.45, 2.75) is 39.7 Å². The van der Waals surface area contributed by atoms with Gasteiger partial charge >= 0.3 is 0 Å². The van der Waals surface area contributed by atoms with Crippen LogP contribution in [0.15, 0.2) is 42.6 Å². The quantitative estimate of drug-likeness (QED) is 0.757. The van der Waals surface area contributed by atoms with Crippen molar-refractivity contribution in [1.29, 1.82) is 0 Å². The zero-order valence-corrected chi connectivity index (χ0v) is 13.9. The van der Waals surface area contributed by atoms with E-state index in [1.54, 1.807) is 0 Å². The fourth-order valence-electron chi connectivity index (χ4n) is 2.52. The van der Waals surface area contributed by atoms with E-state index >= 15 is 0 Å². The molecule has 0 unspecified atom stereocenters. The zero-order chi connectivity index (χ0) is 15.9. The molecule has 0 spiro atoms. The van der Waals surface area contributed by atoms with Crippen LogP contribution in [0.2, 0.25) is 0 Å². The lowest BCUT2D eigenvalue weighted by molar-refractivity contribution is 0.0737. The Morgan fingerprint density at radius 1 is 1.14 bits per heavy atom. The van der Waals surface area contributed by atoms with Crippen LogP contribution in [0.4, 0.5) is 0 Å². The molecule has 0 aliphatic rings. The van der Waals surface area contributed by atoms with Gasteiger partial charge in [-0.3, -0.25) is 4.79 Å². The van der Waals surface area contributed by atoms with Gasteiger partial charge < -0.3 is 9.47 Å². The molecule has 3 nitrogen and oxygen atoms in total. The van der Waals surface area contributed by atoms with Crippen molar-refractivity contribution in [1.82, 2.24) is 9.47 Å². The molecule has 0 aliphatic carbocycles. The predicted octanol–water partition coefficient (Wildman–Crippen LogP) is 4.03. The minimum atomic E-state index is 0.123. The molecule has 1 heterocycles. The van der Waals surface area contributed by atoms with E-state index in [4.69, 9.17) is 0 Å². The first-order chi connectivity index (χ1) is 10.7. The first kappa shape index (κ1) is 16.3. The summed E-state index contributed by atoms with van der Waals surface area (Å²) in [7, 11) is 2.02. The number of aryl methyl sites for hydroxylation is 2. The summed E-state index contributed by atoms with van der Waals surface area (Å²) < 4.78 is 2.08. The molecule has 3 heteroatoms. The van der Waals surface area contributed by atoms with Gasteiger partial charge in [0.2, 0.25) is 0 Å². The molecule has 0 fully saturated rings. The molecule has 0 bridgehead atoms. The summed E-state index contributed by atoms with van der Waals surface area (Å²) in [6.07, 6.45) is 5.14. The van der Waals surface area contributed by atoms with Crippen molar-refractivity contribution in [3.63, 3.8) is 0 Å². The van der Waals surface area contributed by atoms with Crippen molar-refractivity contribution in [2.75, 3.05) is 6.54 Å². The normalized spacial score (nSPS) is 10.7. The van der Waals surface area contributed by atoms with Gasteiger partial charge in [-0.1, -0.05) is 32.4 Å². The van der Waals surface area contributed by atoms with Gasteiger partial charge in [-0.05, 0) is 42.7 Å². The van der Waals surface area contributed by atoms with Crippen LogP contribution >= 0.6 is 0 Å². The van der Waals surface area contributed by atoms with Crippen molar-refractivity contribution < 1.29 is 4.79 Å². The smallest absolute Gasteiger partial charge is 0.254 e. The van der Waals surface area contributed by atoms with Crippen molar-refractivity contribution in [3.8, 4) is 0 Å². The molecule has 0 radical (unpaired) electrons. The third kappa shape index (κ3) is 4.00. The Morgan fingerprint density at radius 2 is 1.86 bits per heavy atom. The molecule has 1 aromatic carbocycles. The molecule has 118 valence electrons. The van der Waals surface area contributed by atoms with Gasteiger partial charge in [0.15, 0.2) is 0 Å². The molecule has 0 aliphatic heterocycles. The standard InChI is InChI=1S/C19H26N2O/c1-4-6-14-21(15-18-8-7-13-20(18)3)19(22)17-11-9-16(5-2)10-12-17/h7-13H,4-6,14-15H2,1-3H3. The Balaban J connectivity index is 2.15. The van der Waals surface area contributed by atoms with Gasteiger partial charge in [0.05, 0.1) is 6.54 Å². The lowest BCUT2D eigenvalue weighted by atomic mass is 10.1. The molecule has 0 saturated heterocycles. The first-order valence-electron chi connectivity index (χ1n) is 8.14. The lowest BCUT2D eigenvalue weighted by Gasteiger charge is -2.23. The number of rotatable bonds is 7. The van der Waals surface area contributed by atoms with E-state index in [1.807, 2.05) is 48.5 Å². The van der Waals surface area contributed by atoms with Crippen LogP contribution in [0.25, 0.3) is 0 Å². The third-order valence-electron chi connectivity index (χ3n) is 4.08. The SMILES string of the molecule is CCCCN(Cc1cccn1C)C(=O)c1ccc(CC)cc1. The van der Waals surface area contributed by atoms with Crippen molar-refractivity contribution in [2.24, 2.45) is 7.05 Å². The van der Waals surface area contributed by atoms with Gasteiger partial charge in [0.25, 0.3) is 5.91 Å². The fourth-order valence-corrected chi connectivity index (χ4v) is 2.52. The molecule has 0 saturated carbocycles. The number of aromatic nitrogens is 1.